The third-order valence-electron chi connectivity index (χ3n) is 3.38. The minimum atomic E-state index is 0.906. The lowest BCUT2D eigenvalue weighted by Crippen LogP contribution is -2.07. The summed E-state index contributed by atoms with van der Waals surface area (Å²) in [5.41, 5.74) is 2.30. The number of hydrogen-bond acceptors (Lipinski definition) is 3. The highest BCUT2D eigenvalue weighted by atomic mass is 15.0. The van der Waals surface area contributed by atoms with Crippen LogP contribution >= 0.6 is 0 Å². The fourth-order valence-electron chi connectivity index (χ4n) is 2.34. The second-order valence-electron chi connectivity index (χ2n) is 4.92. The molecule has 0 saturated heterocycles. The van der Waals surface area contributed by atoms with Crippen LogP contribution in [0.2, 0.25) is 0 Å². The molecule has 0 amide bonds. The molecule has 0 saturated carbocycles. The van der Waals surface area contributed by atoms with E-state index in [1.54, 1.807) is 0 Å². The topological polar surface area (TPSA) is 42.7 Å². The van der Waals surface area contributed by atoms with Gasteiger partial charge in [-0.15, -0.1) is 0 Å². The number of aromatic nitrogens is 3. The third kappa shape index (κ3) is 2.79. The summed E-state index contributed by atoms with van der Waals surface area (Å²) in [5, 5.41) is 4.61. The summed E-state index contributed by atoms with van der Waals surface area (Å²) in [7, 11) is 0. The molecule has 0 spiro atoms. The van der Waals surface area contributed by atoms with Crippen LogP contribution in [-0.4, -0.2) is 21.1 Å². The zero-order chi connectivity index (χ0) is 13.8. The van der Waals surface area contributed by atoms with Gasteiger partial charge >= 0.3 is 0 Å². The average Bonchev–Trinajstić information content (AvgIpc) is 2.97. The lowest BCUT2D eigenvalue weighted by molar-refractivity contribution is 0.660. The van der Waals surface area contributed by atoms with E-state index in [4.69, 9.17) is 0 Å². The van der Waals surface area contributed by atoms with E-state index in [0.717, 1.165) is 30.8 Å². The minimum absolute atomic E-state index is 0.906. The molecule has 3 aromatic rings. The van der Waals surface area contributed by atoms with Gasteiger partial charge in [0.15, 0.2) is 0 Å². The van der Waals surface area contributed by atoms with Crippen molar-refractivity contribution in [2.75, 3.05) is 11.9 Å². The van der Waals surface area contributed by atoms with Crippen molar-refractivity contribution in [2.45, 2.75) is 19.9 Å². The van der Waals surface area contributed by atoms with Crippen LogP contribution in [0.5, 0.6) is 0 Å². The summed E-state index contributed by atoms with van der Waals surface area (Å²) in [5.74, 6) is 0.951. The molecule has 0 unspecified atom stereocenters. The molecule has 102 valence electrons. The zero-order valence-corrected chi connectivity index (χ0v) is 11.6. The van der Waals surface area contributed by atoms with Gasteiger partial charge in [-0.05, 0) is 31.0 Å². The van der Waals surface area contributed by atoms with E-state index in [2.05, 4.69) is 51.0 Å². The van der Waals surface area contributed by atoms with Crippen LogP contribution in [0, 0.1) is 6.92 Å². The molecule has 3 rings (SSSR count). The van der Waals surface area contributed by atoms with Crippen LogP contribution in [0.1, 0.15) is 12.0 Å². The van der Waals surface area contributed by atoms with E-state index in [1.807, 2.05) is 24.8 Å². The Labute approximate surface area is 118 Å². The van der Waals surface area contributed by atoms with Crippen LogP contribution in [0.25, 0.3) is 10.9 Å². The molecule has 0 bridgehead atoms. The Morgan fingerprint density at radius 3 is 3.00 bits per heavy atom. The average molecular weight is 266 g/mol. The Bertz CT molecular complexity index is 689. The Hall–Kier alpha value is -2.36. The molecule has 2 heterocycles. The Morgan fingerprint density at radius 2 is 2.15 bits per heavy atom. The smallest absolute Gasteiger partial charge is 0.126 e. The van der Waals surface area contributed by atoms with Crippen LogP contribution in [-0.2, 0) is 6.54 Å². The maximum atomic E-state index is 4.64. The number of imidazole rings is 1. The number of nitrogens with one attached hydrogen (secondary N) is 1. The van der Waals surface area contributed by atoms with Gasteiger partial charge in [-0.1, -0.05) is 18.2 Å². The predicted octanol–water partition coefficient (Wildman–Crippen LogP) is 3.24. The summed E-state index contributed by atoms with van der Waals surface area (Å²) >= 11 is 0. The van der Waals surface area contributed by atoms with Gasteiger partial charge in [-0.2, -0.15) is 0 Å². The van der Waals surface area contributed by atoms with Crippen molar-refractivity contribution in [3.63, 3.8) is 0 Å². The first-order chi connectivity index (χ1) is 9.83. The van der Waals surface area contributed by atoms with Gasteiger partial charge in [0.25, 0.3) is 0 Å². The number of fused-ring (bicyclic) bond motifs is 1. The number of pyridine rings is 1. The van der Waals surface area contributed by atoms with E-state index in [9.17, 15) is 0 Å². The normalized spacial score (nSPS) is 10.8. The molecule has 1 aromatic carbocycles. The van der Waals surface area contributed by atoms with E-state index < -0.39 is 0 Å². The Balaban J connectivity index is 1.63. The minimum Gasteiger partial charge on any atom is -0.370 e. The molecule has 4 nitrogen and oxygen atoms in total. The molecule has 0 aliphatic rings. The van der Waals surface area contributed by atoms with Crippen molar-refractivity contribution in [1.82, 2.24) is 14.5 Å². The van der Waals surface area contributed by atoms with Crippen LogP contribution in [0.15, 0.2) is 49.1 Å². The molecule has 0 aliphatic carbocycles. The molecule has 0 radical (unpaired) electrons. The van der Waals surface area contributed by atoms with Crippen LogP contribution in [0.4, 0.5) is 5.82 Å². The highest BCUT2D eigenvalue weighted by molar-refractivity contribution is 5.83. The maximum Gasteiger partial charge on any atom is 0.126 e. The van der Waals surface area contributed by atoms with Crippen molar-refractivity contribution in [1.29, 1.82) is 0 Å². The number of benzene rings is 1. The second kappa shape index (κ2) is 5.74. The van der Waals surface area contributed by atoms with E-state index >= 15 is 0 Å². The number of anilines is 1. The quantitative estimate of drug-likeness (QED) is 0.721. The van der Waals surface area contributed by atoms with Gasteiger partial charge in [-0.25, -0.2) is 9.97 Å². The molecule has 1 N–H and O–H groups in total. The number of aryl methyl sites for hydroxylation is 2. The molecule has 20 heavy (non-hydrogen) atoms. The molecule has 4 heteroatoms. The van der Waals surface area contributed by atoms with Crippen molar-refractivity contribution >= 4 is 16.7 Å². The highest BCUT2D eigenvalue weighted by Gasteiger charge is 2.01. The van der Waals surface area contributed by atoms with Crippen molar-refractivity contribution in [3.8, 4) is 0 Å². The third-order valence-corrected chi connectivity index (χ3v) is 3.38. The van der Waals surface area contributed by atoms with Gasteiger partial charge in [0.1, 0.15) is 5.82 Å². The van der Waals surface area contributed by atoms with Gasteiger partial charge in [0, 0.05) is 30.9 Å². The first-order valence-electron chi connectivity index (χ1n) is 6.89. The highest BCUT2D eigenvalue weighted by Crippen LogP contribution is 2.19. The molecular weight excluding hydrogens is 248 g/mol. The maximum absolute atomic E-state index is 4.64. The standard InChI is InChI=1S/C16H18N4/c1-13-11-16(19-15-6-3-2-5-14(13)15)18-7-4-9-20-10-8-17-12-20/h2-3,5-6,8,10-12H,4,7,9H2,1H3,(H,18,19). The fraction of sp³-hybridized carbons (Fsp3) is 0.250. The van der Waals surface area contributed by atoms with Gasteiger partial charge in [0.05, 0.1) is 11.8 Å². The van der Waals surface area contributed by atoms with Gasteiger partial charge in [0.2, 0.25) is 0 Å². The number of nitrogens with zero attached hydrogens (tertiary/aromatic N) is 3. The summed E-state index contributed by atoms with van der Waals surface area (Å²) in [6.45, 7) is 4.00. The summed E-state index contributed by atoms with van der Waals surface area (Å²) in [6, 6.07) is 10.4. The van der Waals surface area contributed by atoms with Gasteiger partial charge in [-0.3, -0.25) is 0 Å². The van der Waals surface area contributed by atoms with Crippen molar-refractivity contribution in [3.05, 3.63) is 54.6 Å². The van der Waals surface area contributed by atoms with E-state index in [0.29, 0.717) is 0 Å². The summed E-state index contributed by atoms with van der Waals surface area (Å²) in [4.78, 5) is 8.68. The summed E-state index contributed by atoms with van der Waals surface area (Å²) < 4.78 is 2.08. The SMILES string of the molecule is Cc1cc(NCCCn2ccnc2)nc2ccccc12. The molecule has 0 aliphatic heterocycles. The number of rotatable bonds is 5. The first kappa shape index (κ1) is 12.7. The zero-order valence-electron chi connectivity index (χ0n) is 11.6. The monoisotopic (exact) mass is 266 g/mol. The van der Waals surface area contributed by atoms with E-state index in [-0.39, 0.29) is 0 Å². The van der Waals surface area contributed by atoms with Crippen molar-refractivity contribution < 1.29 is 0 Å². The molecular formula is C16H18N4. The van der Waals surface area contributed by atoms with Crippen LogP contribution < -0.4 is 5.32 Å². The molecule has 2 aromatic heterocycles. The number of para-hydroxylation sites is 1. The summed E-state index contributed by atoms with van der Waals surface area (Å²) in [6.07, 6.45) is 6.68. The second-order valence-corrected chi connectivity index (χ2v) is 4.92. The number of hydrogen-bond donors (Lipinski definition) is 1. The molecule has 0 fully saturated rings. The fourth-order valence-corrected chi connectivity index (χ4v) is 2.34. The van der Waals surface area contributed by atoms with Crippen molar-refractivity contribution in [2.24, 2.45) is 0 Å². The first-order valence-corrected chi connectivity index (χ1v) is 6.89. The van der Waals surface area contributed by atoms with E-state index in [1.165, 1.54) is 10.9 Å². The Kier molecular flexibility index (Phi) is 3.63. The largest absolute Gasteiger partial charge is 0.370 e. The Morgan fingerprint density at radius 1 is 1.25 bits per heavy atom. The van der Waals surface area contributed by atoms with Crippen LogP contribution in [0.3, 0.4) is 0 Å². The van der Waals surface area contributed by atoms with Gasteiger partial charge < -0.3 is 9.88 Å². The molecule has 0 atom stereocenters. The lowest BCUT2D eigenvalue weighted by atomic mass is 10.1. The predicted molar refractivity (Wildman–Crippen MR) is 81.8 cm³/mol. The lowest BCUT2D eigenvalue weighted by Gasteiger charge is -2.09.